The van der Waals surface area contributed by atoms with E-state index in [2.05, 4.69) is 18.8 Å². The third-order valence-corrected chi connectivity index (χ3v) is 2.06. The molecule has 3 nitrogen and oxygen atoms in total. The first-order chi connectivity index (χ1) is 7.24. The van der Waals surface area contributed by atoms with Gasteiger partial charge in [0.15, 0.2) is 11.4 Å². The summed E-state index contributed by atoms with van der Waals surface area (Å²) in [5.74, 6) is 1.28. The van der Waals surface area contributed by atoms with Crippen molar-refractivity contribution < 1.29 is 4.74 Å². The van der Waals surface area contributed by atoms with Crippen LogP contribution >= 0.6 is 0 Å². The van der Waals surface area contributed by atoms with Crippen molar-refractivity contribution in [1.29, 1.82) is 5.26 Å². The summed E-state index contributed by atoms with van der Waals surface area (Å²) in [7, 11) is 0. The summed E-state index contributed by atoms with van der Waals surface area (Å²) < 4.78 is 5.49. The van der Waals surface area contributed by atoms with Crippen LogP contribution in [0.2, 0.25) is 0 Å². The second-order valence-corrected chi connectivity index (χ2v) is 3.85. The van der Waals surface area contributed by atoms with Gasteiger partial charge in [-0.2, -0.15) is 5.26 Å². The molecule has 0 aliphatic rings. The SMILES string of the molecule is CC(C)CCCOc1cccnc1C#N. The molecule has 0 atom stereocenters. The van der Waals surface area contributed by atoms with Crippen LogP contribution in [-0.4, -0.2) is 11.6 Å². The quantitative estimate of drug-likeness (QED) is 0.693. The lowest BCUT2D eigenvalue weighted by Crippen LogP contribution is -2.01. The number of nitrogens with zero attached hydrogens (tertiary/aromatic N) is 2. The van der Waals surface area contributed by atoms with Crippen LogP contribution < -0.4 is 4.74 Å². The van der Waals surface area contributed by atoms with Crippen LogP contribution in [0.5, 0.6) is 5.75 Å². The third-order valence-electron chi connectivity index (χ3n) is 2.06. The Morgan fingerprint density at radius 3 is 3.00 bits per heavy atom. The summed E-state index contributed by atoms with van der Waals surface area (Å²) >= 11 is 0. The lowest BCUT2D eigenvalue weighted by molar-refractivity contribution is 0.296. The van der Waals surface area contributed by atoms with Crippen molar-refractivity contribution >= 4 is 0 Å². The number of nitriles is 1. The van der Waals surface area contributed by atoms with Gasteiger partial charge in [-0.05, 0) is 30.9 Å². The summed E-state index contributed by atoms with van der Waals surface area (Å²) in [5.41, 5.74) is 0.363. The Labute approximate surface area is 90.7 Å². The van der Waals surface area contributed by atoms with Gasteiger partial charge in [0, 0.05) is 6.20 Å². The average Bonchev–Trinajstić information content (AvgIpc) is 2.24. The van der Waals surface area contributed by atoms with E-state index in [-0.39, 0.29) is 0 Å². The van der Waals surface area contributed by atoms with Crippen LogP contribution in [0.15, 0.2) is 18.3 Å². The van der Waals surface area contributed by atoms with Crippen molar-refractivity contribution in [1.82, 2.24) is 4.98 Å². The van der Waals surface area contributed by atoms with Crippen molar-refractivity contribution in [3.63, 3.8) is 0 Å². The number of aromatic nitrogens is 1. The minimum Gasteiger partial charge on any atom is -0.491 e. The molecule has 1 rings (SSSR count). The van der Waals surface area contributed by atoms with Crippen LogP contribution in [0.25, 0.3) is 0 Å². The highest BCUT2D eigenvalue weighted by Gasteiger charge is 2.02. The zero-order valence-corrected chi connectivity index (χ0v) is 9.23. The van der Waals surface area contributed by atoms with Gasteiger partial charge in [0.05, 0.1) is 6.61 Å². The van der Waals surface area contributed by atoms with Gasteiger partial charge in [-0.25, -0.2) is 4.98 Å². The maximum atomic E-state index is 8.77. The van der Waals surface area contributed by atoms with E-state index in [0.29, 0.717) is 24.0 Å². The molecule has 0 aromatic carbocycles. The minimum absolute atomic E-state index is 0.363. The van der Waals surface area contributed by atoms with E-state index in [0.717, 1.165) is 12.8 Å². The molecule has 3 heteroatoms. The zero-order valence-electron chi connectivity index (χ0n) is 9.23. The molecule has 1 aromatic rings. The number of ether oxygens (including phenoxy) is 1. The van der Waals surface area contributed by atoms with Gasteiger partial charge in [0.25, 0.3) is 0 Å². The van der Waals surface area contributed by atoms with Gasteiger partial charge in [0.1, 0.15) is 6.07 Å². The average molecular weight is 204 g/mol. The highest BCUT2D eigenvalue weighted by molar-refractivity contribution is 5.36. The highest BCUT2D eigenvalue weighted by atomic mass is 16.5. The second kappa shape index (κ2) is 6.02. The second-order valence-electron chi connectivity index (χ2n) is 3.85. The molecule has 0 saturated heterocycles. The number of hydrogen-bond donors (Lipinski definition) is 0. The van der Waals surface area contributed by atoms with Crippen LogP contribution in [0, 0.1) is 17.2 Å². The van der Waals surface area contributed by atoms with E-state index in [1.807, 2.05) is 6.07 Å². The molecule has 0 bridgehead atoms. The highest BCUT2D eigenvalue weighted by Crippen LogP contribution is 2.14. The van der Waals surface area contributed by atoms with Crippen molar-refractivity contribution in [2.45, 2.75) is 26.7 Å². The molecule has 0 fully saturated rings. The molecular formula is C12H16N2O. The molecular weight excluding hydrogens is 188 g/mol. The minimum atomic E-state index is 0.363. The van der Waals surface area contributed by atoms with E-state index in [4.69, 9.17) is 10.00 Å². The van der Waals surface area contributed by atoms with E-state index in [1.54, 1.807) is 18.3 Å². The first kappa shape index (κ1) is 11.5. The fourth-order valence-corrected chi connectivity index (χ4v) is 1.26. The molecule has 0 radical (unpaired) electrons. The van der Waals surface area contributed by atoms with E-state index >= 15 is 0 Å². The molecule has 1 aromatic heterocycles. The van der Waals surface area contributed by atoms with Crippen LogP contribution in [0.3, 0.4) is 0 Å². The first-order valence-corrected chi connectivity index (χ1v) is 5.22. The standard InChI is InChI=1S/C12H16N2O/c1-10(2)5-4-8-15-12-6-3-7-14-11(12)9-13/h3,6-7,10H,4-5,8H2,1-2H3. The van der Waals surface area contributed by atoms with Crippen LogP contribution in [-0.2, 0) is 0 Å². The Kier molecular flexibility index (Phi) is 4.62. The molecule has 0 aliphatic heterocycles. The maximum Gasteiger partial charge on any atom is 0.182 e. The Morgan fingerprint density at radius 1 is 1.53 bits per heavy atom. The zero-order chi connectivity index (χ0) is 11.1. The summed E-state index contributed by atoms with van der Waals surface area (Å²) in [4.78, 5) is 3.92. The monoisotopic (exact) mass is 204 g/mol. The topological polar surface area (TPSA) is 45.9 Å². The van der Waals surface area contributed by atoms with Gasteiger partial charge in [-0.3, -0.25) is 0 Å². The summed E-state index contributed by atoms with van der Waals surface area (Å²) in [5, 5.41) is 8.77. The molecule has 0 aliphatic carbocycles. The third kappa shape index (κ3) is 3.99. The van der Waals surface area contributed by atoms with E-state index in [1.165, 1.54) is 0 Å². The van der Waals surface area contributed by atoms with Crippen molar-refractivity contribution in [2.75, 3.05) is 6.61 Å². The predicted molar refractivity (Wildman–Crippen MR) is 58.5 cm³/mol. The number of rotatable bonds is 5. The summed E-state index contributed by atoms with van der Waals surface area (Å²) in [6.07, 6.45) is 3.75. The molecule has 80 valence electrons. The van der Waals surface area contributed by atoms with Crippen molar-refractivity contribution in [2.24, 2.45) is 5.92 Å². The van der Waals surface area contributed by atoms with Gasteiger partial charge in [-0.15, -0.1) is 0 Å². The van der Waals surface area contributed by atoms with Crippen molar-refractivity contribution in [3.8, 4) is 11.8 Å². The predicted octanol–water partition coefficient (Wildman–Crippen LogP) is 2.77. The number of pyridine rings is 1. The van der Waals surface area contributed by atoms with Gasteiger partial charge in [0.2, 0.25) is 0 Å². The Balaban J connectivity index is 2.41. The molecule has 0 N–H and O–H groups in total. The molecule has 0 amide bonds. The summed E-state index contributed by atoms with van der Waals surface area (Å²) in [6, 6.07) is 5.56. The maximum absolute atomic E-state index is 8.77. The summed E-state index contributed by atoms with van der Waals surface area (Å²) in [6.45, 7) is 5.02. The smallest absolute Gasteiger partial charge is 0.182 e. The molecule has 0 spiro atoms. The Bertz CT molecular complexity index is 342. The van der Waals surface area contributed by atoms with E-state index in [9.17, 15) is 0 Å². The van der Waals surface area contributed by atoms with Gasteiger partial charge >= 0.3 is 0 Å². The van der Waals surface area contributed by atoms with Gasteiger partial charge < -0.3 is 4.74 Å². The fraction of sp³-hybridized carbons (Fsp3) is 0.500. The van der Waals surface area contributed by atoms with Crippen molar-refractivity contribution in [3.05, 3.63) is 24.0 Å². The fourth-order valence-electron chi connectivity index (χ4n) is 1.26. The lowest BCUT2D eigenvalue weighted by Gasteiger charge is -2.07. The molecule has 0 saturated carbocycles. The van der Waals surface area contributed by atoms with Crippen LogP contribution in [0.1, 0.15) is 32.4 Å². The molecule has 15 heavy (non-hydrogen) atoms. The Hall–Kier alpha value is -1.56. The molecule has 1 heterocycles. The van der Waals surface area contributed by atoms with Crippen LogP contribution in [0.4, 0.5) is 0 Å². The number of hydrogen-bond acceptors (Lipinski definition) is 3. The molecule has 0 unspecified atom stereocenters. The Morgan fingerprint density at radius 2 is 2.33 bits per heavy atom. The normalized spacial score (nSPS) is 10.0. The largest absolute Gasteiger partial charge is 0.491 e. The first-order valence-electron chi connectivity index (χ1n) is 5.22. The van der Waals surface area contributed by atoms with E-state index < -0.39 is 0 Å². The lowest BCUT2D eigenvalue weighted by atomic mass is 10.1. The van der Waals surface area contributed by atoms with Gasteiger partial charge in [-0.1, -0.05) is 13.8 Å².